The highest BCUT2D eigenvalue weighted by atomic mass is 19.4. The first-order valence-corrected chi connectivity index (χ1v) is 12.6. The van der Waals surface area contributed by atoms with Crippen LogP contribution in [0.2, 0.25) is 0 Å². The lowest BCUT2D eigenvalue weighted by atomic mass is 9.99. The van der Waals surface area contributed by atoms with E-state index in [0.717, 1.165) is 18.9 Å². The highest BCUT2D eigenvalue weighted by molar-refractivity contribution is 6.01. The largest absolute Gasteiger partial charge is 0.493 e. The normalized spacial score (nSPS) is 14.2. The molecule has 12 heteroatoms. The quantitative estimate of drug-likeness (QED) is 0.272. The number of nitrogens with one attached hydrogen (secondary N) is 2. The van der Waals surface area contributed by atoms with Gasteiger partial charge >= 0.3 is 6.18 Å². The second-order valence-electron chi connectivity index (χ2n) is 9.38. The summed E-state index contributed by atoms with van der Waals surface area (Å²) in [4.78, 5) is 19.6. The van der Waals surface area contributed by atoms with Gasteiger partial charge in [0.2, 0.25) is 5.82 Å². The number of anilines is 1. The van der Waals surface area contributed by atoms with Crippen molar-refractivity contribution in [1.82, 2.24) is 20.2 Å². The van der Waals surface area contributed by atoms with Crippen LogP contribution in [-0.4, -0.2) is 45.9 Å². The van der Waals surface area contributed by atoms with Gasteiger partial charge in [-0.05, 0) is 77.9 Å². The maximum Gasteiger partial charge on any atom is 0.417 e. The third-order valence-corrected chi connectivity index (χ3v) is 6.44. The van der Waals surface area contributed by atoms with Crippen molar-refractivity contribution in [3.8, 4) is 16.9 Å². The molecule has 3 heterocycles. The van der Waals surface area contributed by atoms with Crippen molar-refractivity contribution in [2.45, 2.75) is 25.4 Å². The van der Waals surface area contributed by atoms with Crippen LogP contribution in [0.5, 0.6) is 5.75 Å². The third-order valence-electron chi connectivity index (χ3n) is 6.44. The Morgan fingerprint density at radius 2 is 1.90 bits per heavy atom. The molecule has 0 radical (unpaired) electrons. The van der Waals surface area contributed by atoms with Crippen LogP contribution in [0.4, 0.5) is 23.4 Å². The molecule has 0 atom stereocenters. The molecule has 0 aliphatic carbocycles. The van der Waals surface area contributed by atoms with Gasteiger partial charge in [0.15, 0.2) is 0 Å². The molecular weight excluding hydrogens is 530 g/mol. The fraction of sp³-hybridized carbons (Fsp3) is 0.286. The number of carbonyl (C=O) groups excluding carboxylic acids is 1. The highest BCUT2D eigenvalue weighted by Gasteiger charge is 2.34. The Balaban J connectivity index is 1.32. The van der Waals surface area contributed by atoms with Gasteiger partial charge in [-0.25, -0.2) is 9.37 Å². The number of H-pyrrole nitrogens is 1. The van der Waals surface area contributed by atoms with Crippen molar-refractivity contribution in [3.05, 3.63) is 89.4 Å². The Bertz CT molecular complexity index is 1480. The Kier molecular flexibility index (Phi) is 8.06. The van der Waals surface area contributed by atoms with Crippen LogP contribution in [0.3, 0.4) is 0 Å². The van der Waals surface area contributed by atoms with Gasteiger partial charge in [0, 0.05) is 25.8 Å². The van der Waals surface area contributed by atoms with Crippen molar-refractivity contribution in [2.75, 3.05) is 25.1 Å². The summed E-state index contributed by atoms with van der Waals surface area (Å²) >= 11 is 0. The minimum atomic E-state index is -4.61. The summed E-state index contributed by atoms with van der Waals surface area (Å²) in [7, 11) is 0. The topological polar surface area (TPSA) is 102 Å². The van der Waals surface area contributed by atoms with Crippen molar-refractivity contribution in [1.29, 1.82) is 0 Å². The molecule has 208 valence electrons. The zero-order valence-corrected chi connectivity index (χ0v) is 21.2. The summed E-state index contributed by atoms with van der Waals surface area (Å²) < 4.78 is 66.2. The van der Waals surface area contributed by atoms with Gasteiger partial charge in [-0.1, -0.05) is 12.1 Å². The Labute approximate surface area is 226 Å². The second-order valence-corrected chi connectivity index (χ2v) is 9.38. The number of hydrogen-bond donors (Lipinski definition) is 2. The Hall–Kier alpha value is -4.32. The van der Waals surface area contributed by atoms with E-state index >= 15 is 0 Å². The van der Waals surface area contributed by atoms with Gasteiger partial charge in [-0.15, -0.1) is 10.2 Å². The Morgan fingerprint density at radius 3 is 2.67 bits per heavy atom. The number of aromatic amines is 1. The number of rotatable bonds is 8. The van der Waals surface area contributed by atoms with E-state index < -0.39 is 23.5 Å². The fourth-order valence-corrected chi connectivity index (χ4v) is 4.39. The summed E-state index contributed by atoms with van der Waals surface area (Å²) in [5.74, 6) is -0.273. The summed E-state index contributed by atoms with van der Waals surface area (Å²) in [6, 6.07) is 12.3. The van der Waals surface area contributed by atoms with Crippen LogP contribution < -0.4 is 10.1 Å². The first-order valence-electron chi connectivity index (χ1n) is 12.6. The van der Waals surface area contributed by atoms with Crippen LogP contribution >= 0.6 is 0 Å². The van der Waals surface area contributed by atoms with E-state index in [9.17, 15) is 22.4 Å². The molecule has 0 saturated carbocycles. The second kappa shape index (κ2) is 11.8. The van der Waals surface area contributed by atoms with Gasteiger partial charge in [0.25, 0.3) is 5.91 Å². The number of benzene rings is 2. The van der Waals surface area contributed by atoms with Gasteiger partial charge in [-0.3, -0.25) is 4.79 Å². The molecule has 40 heavy (non-hydrogen) atoms. The molecule has 1 saturated heterocycles. The van der Waals surface area contributed by atoms with Crippen molar-refractivity contribution < 1.29 is 31.8 Å². The van der Waals surface area contributed by atoms with Gasteiger partial charge in [-0.2, -0.15) is 13.2 Å². The SMILES string of the molecule is O=C(Nc1cc(-c2cc(OCC3CCOCC3)ccc2C(F)(F)F)ccn1)c1nnc(Cc2cccc(F)c2)[nH]1. The number of halogens is 4. The highest BCUT2D eigenvalue weighted by Crippen LogP contribution is 2.39. The lowest BCUT2D eigenvalue weighted by Crippen LogP contribution is -2.21. The Morgan fingerprint density at radius 1 is 1.07 bits per heavy atom. The zero-order chi connectivity index (χ0) is 28.1. The molecule has 4 aromatic rings. The molecule has 8 nitrogen and oxygen atoms in total. The molecule has 2 aromatic heterocycles. The smallest absolute Gasteiger partial charge is 0.417 e. The van der Waals surface area contributed by atoms with E-state index in [1.807, 2.05) is 0 Å². The molecular formula is C28H25F4N5O3. The van der Waals surface area contributed by atoms with Crippen LogP contribution in [0.15, 0.2) is 60.8 Å². The van der Waals surface area contributed by atoms with Crippen LogP contribution in [-0.2, 0) is 17.3 Å². The number of ether oxygens (including phenoxy) is 2. The molecule has 2 aromatic carbocycles. The van der Waals surface area contributed by atoms with Crippen molar-refractivity contribution in [3.63, 3.8) is 0 Å². The summed E-state index contributed by atoms with van der Waals surface area (Å²) in [6.45, 7) is 1.66. The number of hydrogen-bond acceptors (Lipinski definition) is 6. The summed E-state index contributed by atoms with van der Waals surface area (Å²) in [5.41, 5.74) is -0.117. The van der Waals surface area contributed by atoms with Crippen molar-refractivity contribution >= 4 is 11.7 Å². The summed E-state index contributed by atoms with van der Waals surface area (Å²) in [6.07, 6.45) is -1.43. The van der Waals surface area contributed by atoms with Gasteiger partial charge in [0.05, 0.1) is 12.2 Å². The number of pyridine rings is 1. The lowest BCUT2D eigenvalue weighted by molar-refractivity contribution is -0.137. The number of nitrogens with zero attached hydrogens (tertiary/aromatic N) is 3. The molecule has 0 bridgehead atoms. The first kappa shape index (κ1) is 27.3. The van der Waals surface area contributed by atoms with E-state index in [2.05, 4.69) is 25.5 Å². The molecule has 0 spiro atoms. The average Bonchev–Trinajstić information content (AvgIpc) is 3.41. The van der Waals surface area contributed by atoms with E-state index in [-0.39, 0.29) is 35.1 Å². The minimum absolute atomic E-state index is 0.0206. The van der Waals surface area contributed by atoms with Crippen molar-refractivity contribution in [2.24, 2.45) is 5.92 Å². The standard InChI is InChI=1S/C28H25F4N5O3/c29-20-3-1-2-18(12-20)13-25-34-26(37-36-25)27(38)35-24-14-19(6-9-33-24)22-15-21(4-5-23(22)28(30,31)32)40-16-17-7-10-39-11-8-17/h1-6,9,12,14-15,17H,7-8,10-11,13,16H2,(H,33,35,38)(H,34,36,37). The monoisotopic (exact) mass is 555 g/mol. The van der Waals surface area contributed by atoms with Crippen LogP contribution in [0.25, 0.3) is 11.1 Å². The van der Waals surface area contributed by atoms with Gasteiger partial charge < -0.3 is 19.8 Å². The van der Waals surface area contributed by atoms with Crippen LogP contribution in [0, 0.1) is 11.7 Å². The third kappa shape index (κ3) is 6.81. The van der Waals surface area contributed by atoms with E-state index in [4.69, 9.17) is 9.47 Å². The minimum Gasteiger partial charge on any atom is -0.493 e. The zero-order valence-electron chi connectivity index (χ0n) is 21.2. The molecule has 1 amide bonds. The molecule has 0 unspecified atom stereocenters. The summed E-state index contributed by atoms with van der Waals surface area (Å²) in [5, 5.41) is 10.3. The molecule has 5 rings (SSSR count). The predicted molar refractivity (Wildman–Crippen MR) is 137 cm³/mol. The number of amides is 1. The lowest BCUT2D eigenvalue weighted by Gasteiger charge is -2.22. The van der Waals surface area contributed by atoms with Gasteiger partial charge in [0.1, 0.15) is 23.2 Å². The number of aromatic nitrogens is 4. The molecule has 1 aliphatic heterocycles. The average molecular weight is 556 g/mol. The number of carbonyl (C=O) groups is 1. The molecule has 1 aliphatic rings. The first-order chi connectivity index (χ1) is 19.2. The van der Waals surface area contributed by atoms with E-state index in [1.54, 1.807) is 12.1 Å². The maximum atomic E-state index is 13.9. The number of alkyl halides is 3. The molecule has 1 fully saturated rings. The fourth-order valence-electron chi connectivity index (χ4n) is 4.39. The van der Waals surface area contributed by atoms with E-state index in [1.165, 1.54) is 42.6 Å². The predicted octanol–water partition coefficient (Wildman–Crippen LogP) is 5.67. The van der Waals surface area contributed by atoms with E-state index in [0.29, 0.717) is 37.0 Å². The maximum absolute atomic E-state index is 13.9. The molecule has 2 N–H and O–H groups in total. The van der Waals surface area contributed by atoms with Crippen LogP contribution in [0.1, 0.15) is 40.4 Å².